The summed E-state index contributed by atoms with van der Waals surface area (Å²) in [4.78, 5) is 0. The fraction of sp³-hybridized carbons (Fsp3) is 1.00. The number of methoxy groups -OCH3 is 1. The standard InChI is InChI=1S/C14H29NO2/c1-4-5-13-6-8-14(11-15,9-7-13)17-12(2)10-16-3/h12-13H,4-11,15H2,1-3H3. The SMILES string of the molecule is CCCC1CCC(CN)(OC(C)COC)CC1. The molecule has 1 aliphatic rings. The molecular formula is C14H29NO2. The smallest absolute Gasteiger partial charge is 0.0809 e. The van der Waals surface area contributed by atoms with Gasteiger partial charge in [-0.2, -0.15) is 0 Å². The molecule has 0 radical (unpaired) electrons. The van der Waals surface area contributed by atoms with Crippen molar-refractivity contribution >= 4 is 0 Å². The van der Waals surface area contributed by atoms with E-state index in [1.807, 2.05) is 0 Å². The molecule has 1 rings (SSSR count). The van der Waals surface area contributed by atoms with Crippen molar-refractivity contribution in [2.24, 2.45) is 11.7 Å². The third kappa shape index (κ3) is 4.57. The second kappa shape index (κ2) is 7.34. The quantitative estimate of drug-likeness (QED) is 0.747. The first kappa shape index (κ1) is 14.9. The molecule has 102 valence electrons. The van der Waals surface area contributed by atoms with Gasteiger partial charge in [0.1, 0.15) is 0 Å². The molecule has 1 fully saturated rings. The van der Waals surface area contributed by atoms with E-state index in [4.69, 9.17) is 15.2 Å². The Morgan fingerprint density at radius 2 is 2.00 bits per heavy atom. The van der Waals surface area contributed by atoms with Crippen molar-refractivity contribution in [3.63, 3.8) is 0 Å². The lowest BCUT2D eigenvalue weighted by molar-refractivity contribution is -0.124. The monoisotopic (exact) mass is 243 g/mol. The molecule has 1 unspecified atom stereocenters. The molecule has 17 heavy (non-hydrogen) atoms. The molecule has 1 atom stereocenters. The van der Waals surface area contributed by atoms with Gasteiger partial charge in [0.15, 0.2) is 0 Å². The number of nitrogens with two attached hydrogens (primary N) is 1. The highest BCUT2D eigenvalue weighted by Gasteiger charge is 2.36. The van der Waals surface area contributed by atoms with Gasteiger partial charge in [-0.3, -0.25) is 0 Å². The van der Waals surface area contributed by atoms with Crippen LogP contribution in [0.4, 0.5) is 0 Å². The Balaban J connectivity index is 2.43. The van der Waals surface area contributed by atoms with Crippen molar-refractivity contribution in [2.75, 3.05) is 20.3 Å². The molecule has 0 aromatic heterocycles. The Labute approximate surface area is 106 Å². The summed E-state index contributed by atoms with van der Waals surface area (Å²) in [6.07, 6.45) is 7.56. The summed E-state index contributed by atoms with van der Waals surface area (Å²) < 4.78 is 11.3. The van der Waals surface area contributed by atoms with Crippen molar-refractivity contribution in [3.05, 3.63) is 0 Å². The molecule has 0 heterocycles. The highest BCUT2D eigenvalue weighted by atomic mass is 16.5. The maximum atomic E-state index is 6.14. The first-order valence-corrected chi connectivity index (χ1v) is 7.02. The summed E-state index contributed by atoms with van der Waals surface area (Å²) in [6, 6.07) is 0. The van der Waals surface area contributed by atoms with E-state index in [9.17, 15) is 0 Å². The summed E-state index contributed by atoms with van der Waals surface area (Å²) in [5.41, 5.74) is 5.86. The summed E-state index contributed by atoms with van der Waals surface area (Å²) in [5, 5.41) is 0. The van der Waals surface area contributed by atoms with Crippen molar-refractivity contribution in [3.8, 4) is 0 Å². The van der Waals surface area contributed by atoms with Gasteiger partial charge in [0.25, 0.3) is 0 Å². The van der Waals surface area contributed by atoms with E-state index in [2.05, 4.69) is 13.8 Å². The van der Waals surface area contributed by atoms with Crippen molar-refractivity contribution in [1.29, 1.82) is 0 Å². The maximum absolute atomic E-state index is 6.14. The predicted molar refractivity (Wildman–Crippen MR) is 71.1 cm³/mol. The van der Waals surface area contributed by atoms with Gasteiger partial charge in [0.2, 0.25) is 0 Å². The summed E-state index contributed by atoms with van der Waals surface area (Å²) in [7, 11) is 1.72. The van der Waals surface area contributed by atoms with Gasteiger partial charge in [-0.15, -0.1) is 0 Å². The minimum absolute atomic E-state index is 0.0812. The predicted octanol–water partition coefficient (Wildman–Crippen LogP) is 2.73. The van der Waals surface area contributed by atoms with E-state index in [1.165, 1.54) is 25.7 Å². The second-order valence-electron chi connectivity index (χ2n) is 5.50. The first-order chi connectivity index (χ1) is 8.15. The summed E-state index contributed by atoms with van der Waals surface area (Å²) in [5.74, 6) is 0.890. The summed E-state index contributed by atoms with van der Waals surface area (Å²) in [6.45, 7) is 5.63. The molecule has 0 aromatic rings. The lowest BCUT2D eigenvalue weighted by Crippen LogP contribution is -2.46. The van der Waals surface area contributed by atoms with E-state index < -0.39 is 0 Å². The van der Waals surface area contributed by atoms with Crippen LogP contribution in [0.25, 0.3) is 0 Å². The molecule has 3 heteroatoms. The third-order valence-corrected chi connectivity index (χ3v) is 3.94. The molecule has 0 bridgehead atoms. The van der Waals surface area contributed by atoms with E-state index >= 15 is 0 Å². The Morgan fingerprint density at radius 3 is 2.47 bits per heavy atom. The van der Waals surface area contributed by atoms with Gasteiger partial charge in [-0.25, -0.2) is 0 Å². The molecule has 0 amide bonds. The number of hydrogen-bond donors (Lipinski definition) is 1. The van der Waals surface area contributed by atoms with Crippen LogP contribution in [0.1, 0.15) is 52.4 Å². The molecule has 2 N–H and O–H groups in total. The highest BCUT2D eigenvalue weighted by molar-refractivity contribution is 4.89. The molecule has 0 spiro atoms. The second-order valence-corrected chi connectivity index (χ2v) is 5.50. The van der Waals surface area contributed by atoms with Crippen LogP contribution >= 0.6 is 0 Å². The number of ether oxygens (including phenoxy) is 2. The maximum Gasteiger partial charge on any atom is 0.0809 e. The largest absolute Gasteiger partial charge is 0.382 e. The van der Waals surface area contributed by atoms with Crippen molar-refractivity contribution in [1.82, 2.24) is 0 Å². The van der Waals surface area contributed by atoms with E-state index in [1.54, 1.807) is 7.11 Å². The van der Waals surface area contributed by atoms with Gasteiger partial charge in [0.05, 0.1) is 18.3 Å². The highest BCUT2D eigenvalue weighted by Crippen LogP contribution is 2.36. The van der Waals surface area contributed by atoms with Crippen LogP contribution in [-0.2, 0) is 9.47 Å². The lowest BCUT2D eigenvalue weighted by Gasteiger charge is -2.41. The zero-order chi connectivity index (χ0) is 12.7. The summed E-state index contributed by atoms with van der Waals surface area (Å²) >= 11 is 0. The molecule has 0 aliphatic heterocycles. The van der Waals surface area contributed by atoms with Crippen molar-refractivity contribution in [2.45, 2.75) is 64.1 Å². The zero-order valence-electron chi connectivity index (χ0n) is 11.7. The minimum atomic E-state index is -0.0812. The lowest BCUT2D eigenvalue weighted by atomic mass is 9.77. The van der Waals surface area contributed by atoms with Gasteiger partial charge >= 0.3 is 0 Å². The van der Waals surface area contributed by atoms with E-state index in [-0.39, 0.29) is 11.7 Å². The Bertz CT molecular complexity index is 200. The van der Waals surface area contributed by atoms with E-state index in [0.29, 0.717) is 13.2 Å². The first-order valence-electron chi connectivity index (χ1n) is 7.02. The average molecular weight is 243 g/mol. The van der Waals surface area contributed by atoms with Crippen molar-refractivity contribution < 1.29 is 9.47 Å². The van der Waals surface area contributed by atoms with Crippen LogP contribution in [0.3, 0.4) is 0 Å². The normalized spacial score (nSPS) is 31.4. The van der Waals surface area contributed by atoms with Gasteiger partial charge in [0, 0.05) is 13.7 Å². The van der Waals surface area contributed by atoms with Crippen LogP contribution in [0, 0.1) is 5.92 Å². The third-order valence-electron chi connectivity index (χ3n) is 3.94. The molecule has 1 saturated carbocycles. The van der Waals surface area contributed by atoms with Gasteiger partial charge in [-0.05, 0) is 38.5 Å². The minimum Gasteiger partial charge on any atom is -0.382 e. The van der Waals surface area contributed by atoms with Crippen LogP contribution in [-0.4, -0.2) is 32.0 Å². The Morgan fingerprint density at radius 1 is 1.35 bits per heavy atom. The molecule has 3 nitrogen and oxygen atoms in total. The molecular weight excluding hydrogens is 214 g/mol. The average Bonchev–Trinajstić information content (AvgIpc) is 2.32. The number of hydrogen-bond acceptors (Lipinski definition) is 3. The van der Waals surface area contributed by atoms with Gasteiger partial charge in [-0.1, -0.05) is 19.8 Å². The van der Waals surface area contributed by atoms with Gasteiger partial charge < -0.3 is 15.2 Å². The Kier molecular flexibility index (Phi) is 6.45. The van der Waals surface area contributed by atoms with Crippen LogP contribution in [0.5, 0.6) is 0 Å². The van der Waals surface area contributed by atoms with E-state index in [0.717, 1.165) is 18.8 Å². The molecule has 1 aliphatic carbocycles. The van der Waals surface area contributed by atoms with Crippen LogP contribution in [0.2, 0.25) is 0 Å². The fourth-order valence-corrected chi connectivity index (χ4v) is 2.97. The number of rotatable bonds is 7. The molecule has 0 saturated heterocycles. The Hall–Kier alpha value is -0.120. The fourth-order valence-electron chi connectivity index (χ4n) is 2.97. The van der Waals surface area contributed by atoms with Crippen LogP contribution < -0.4 is 5.73 Å². The van der Waals surface area contributed by atoms with Crippen LogP contribution in [0.15, 0.2) is 0 Å². The zero-order valence-corrected chi connectivity index (χ0v) is 11.7. The topological polar surface area (TPSA) is 44.5 Å². The molecule has 0 aromatic carbocycles.